The number of nitrogens with one attached hydrogen (secondary N) is 1. The van der Waals surface area contributed by atoms with E-state index in [9.17, 15) is 9.90 Å². The molecular weight excluding hydrogens is 252 g/mol. The van der Waals surface area contributed by atoms with Gasteiger partial charge in [0.1, 0.15) is 0 Å². The van der Waals surface area contributed by atoms with Crippen LogP contribution < -0.4 is 5.32 Å². The fraction of sp³-hybridized carbons (Fsp3) is 0.250. The van der Waals surface area contributed by atoms with Crippen LogP contribution in [-0.4, -0.2) is 16.0 Å². The Morgan fingerprint density at radius 1 is 1.25 bits per heavy atom. The molecule has 0 spiro atoms. The maximum Gasteiger partial charge on any atom is 0.227 e. The molecule has 2 aromatic rings. The third-order valence-corrected chi connectivity index (χ3v) is 3.10. The van der Waals surface area contributed by atoms with Gasteiger partial charge in [0.2, 0.25) is 5.91 Å². The molecule has 1 heterocycles. The molecule has 0 saturated carbocycles. The van der Waals surface area contributed by atoms with E-state index in [4.69, 9.17) is 0 Å². The number of anilines is 1. The van der Waals surface area contributed by atoms with E-state index in [0.717, 1.165) is 11.3 Å². The van der Waals surface area contributed by atoms with E-state index >= 15 is 0 Å². The maximum absolute atomic E-state index is 12.0. The van der Waals surface area contributed by atoms with Gasteiger partial charge in [0, 0.05) is 5.69 Å². The number of aromatic nitrogens is 1. The van der Waals surface area contributed by atoms with Crippen molar-refractivity contribution in [3.8, 4) is 0 Å². The average Bonchev–Trinajstić information content (AvgIpc) is 2.42. The highest BCUT2D eigenvalue weighted by Crippen LogP contribution is 2.24. The van der Waals surface area contributed by atoms with Crippen LogP contribution in [0.3, 0.4) is 0 Å². The molecule has 1 aromatic carbocycles. The molecule has 4 heteroatoms. The van der Waals surface area contributed by atoms with Crippen molar-refractivity contribution in [2.24, 2.45) is 0 Å². The Hall–Kier alpha value is -2.20. The molecule has 0 saturated heterocycles. The van der Waals surface area contributed by atoms with Gasteiger partial charge in [-0.15, -0.1) is 0 Å². The fourth-order valence-corrected chi connectivity index (χ4v) is 1.96. The minimum atomic E-state index is -1.19. The summed E-state index contributed by atoms with van der Waals surface area (Å²) in [6, 6.07) is 12.8. The largest absolute Gasteiger partial charge is 0.385 e. The zero-order valence-electron chi connectivity index (χ0n) is 11.6. The lowest BCUT2D eigenvalue weighted by molar-refractivity contribution is -0.120. The first-order chi connectivity index (χ1) is 9.47. The second kappa shape index (κ2) is 5.84. The van der Waals surface area contributed by atoms with Crippen molar-refractivity contribution in [2.45, 2.75) is 25.9 Å². The topological polar surface area (TPSA) is 62.2 Å². The van der Waals surface area contributed by atoms with Gasteiger partial charge < -0.3 is 10.4 Å². The van der Waals surface area contributed by atoms with E-state index in [-0.39, 0.29) is 12.3 Å². The highest BCUT2D eigenvalue weighted by Gasteiger charge is 2.26. The first kappa shape index (κ1) is 14.2. The zero-order valence-corrected chi connectivity index (χ0v) is 11.6. The number of nitrogens with zero attached hydrogens (tertiary/aromatic N) is 1. The van der Waals surface area contributed by atoms with E-state index in [1.54, 1.807) is 31.3 Å². The van der Waals surface area contributed by atoms with Crippen LogP contribution >= 0.6 is 0 Å². The van der Waals surface area contributed by atoms with Gasteiger partial charge in [-0.05, 0) is 31.5 Å². The highest BCUT2D eigenvalue weighted by molar-refractivity contribution is 5.91. The Kier molecular flexibility index (Phi) is 4.15. The Labute approximate surface area is 118 Å². The summed E-state index contributed by atoms with van der Waals surface area (Å²) in [6.07, 6.45) is 1.59. The lowest BCUT2D eigenvalue weighted by Crippen LogP contribution is -2.28. The summed E-state index contributed by atoms with van der Waals surface area (Å²) in [6.45, 7) is 3.51. The summed E-state index contributed by atoms with van der Waals surface area (Å²) >= 11 is 0. The van der Waals surface area contributed by atoms with E-state index in [2.05, 4.69) is 10.3 Å². The lowest BCUT2D eigenvalue weighted by Gasteiger charge is -2.23. The van der Waals surface area contributed by atoms with Crippen molar-refractivity contribution >= 4 is 11.6 Å². The van der Waals surface area contributed by atoms with Gasteiger partial charge in [-0.1, -0.05) is 30.3 Å². The summed E-state index contributed by atoms with van der Waals surface area (Å²) in [5.74, 6) is -0.246. The number of pyridine rings is 1. The maximum atomic E-state index is 12.0. The van der Waals surface area contributed by atoms with Crippen LogP contribution in [0.4, 0.5) is 5.69 Å². The van der Waals surface area contributed by atoms with Crippen LogP contribution in [0.15, 0.2) is 48.7 Å². The van der Waals surface area contributed by atoms with Gasteiger partial charge in [-0.25, -0.2) is 0 Å². The average molecular weight is 270 g/mol. The van der Waals surface area contributed by atoms with Crippen molar-refractivity contribution in [1.29, 1.82) is 0 Å². The first-order valence-corrected chi connectivity index (χ1v) is 6.48. The van der Waals surface area contributed by atoms with E-state index in [0.29, 0.717) is 5.69 Å². The Morgan fingerprint density at radius 3 is 2.55 bits per heavy atom. The number of benzene rings is 1. The fourth-order valence-electron chi connectivity index (χ4n) is 1.96. The van der Waals surface area contributed by atoms with Gasteiger partial charge in [-0.3, -0.25) is 9.78 Å². The molecule has 0 aliphatic heterocycles. The molecule has 0 aliphatic rings. The third kappa shape index (κ3) is 3.65. The van der Waals surface area contributed by atoms with Crippen molar-refractivity contribution in [1.82, 2.24) is 4.98 Å². The summed E-state index contributed by atoms with van der Waals surface area (Å²) in [5, 5.41) is 13.1. The van der Waals surface area contributed by atoms with Crippen LogP contribution in [-0.2, 0) is 10.4 Å². The quantitative estimate of drug-likeness (QED) is 0.897. The molecule has 0 aliphatic carbocycles. The van der Waals surface area contributed by atoms with Crippen LogP contribution in [0.1, 0.15) is 24.6 Å². The van der Waals surface area contributed by atoms with Crippen LogP contribution in [0.5, 0.6) is 0 Å². The number of carbonyl (C=O) groups excluding carboxylic acids is 1. The highest BCUT2D eigenvalue weighted by atomic mass is 16.3. The van der Waals surface area contributed by atoms with Crippen molar-refractivity contribution in [3.05, 3.63) is 59.9 Å². The number of aliphatic hydroxyl groups is 1. The van der Waals surface area contributed by atoms with Crippen LogP contribution in [0, 0.1) is 6.92 Å². The van der Waals surface area contributed by atoms with Gasteiger partial charge in [0.25, 0.3) is 0 Å². The zero-order chi connectivity index (χ0) is 14.6. The van der Waals surface area contributed by atoms with Crippen molar-refractivity contribution < 1.29 is 9.90 Å². The summed E-state index contributed by atoms with van der Waals surface area (Å²) in [4.78, 5) is 16.1. The number of aryl methyl sites for hydroxylation is 1. The van der Waals surface area contributed by atoms with Crippen molar-refractivity contribution in [2.75, 3.05) is 5.32 Å². The standard InChI is InChI=1S/C16H18N2O2/c1-12-8-9-14(11-17-12)18-15(19)10-16(2,20)13-6-4-3-5-7-13/h3-9,11,20H,10H2,1-2H3,(H,18,19). The first-order valence-electron chi connectivity index (χ1n) is 6.48. The molecule has 1 unspecified atom stereocenters. The number of carbonyl (C=O) groups is 1. The number of amides is 1. The SMILES string of the molecule is Cc1ccc(NC(=O)CC(C)(O)c2ccccc2)cn1. The van der Waals surface area contributed by atoms with E-state index in [1.807, 2.05) is 31.2 Å². The second-order valence-electron chi connectivity index (χ2n) is 5.05. The molecule has 0 radical (unpaired) electrons. The molecule has 0 bridgehead atoms. The molecular formula is C16H18N2O2. The van der Waals surface area contributed by atoms with Crippen LogP contribution in [0.2, 0.25) is 0 Å². The predicted molar refractivity (Wildman–Crippen MR) is 78.2 cm³/mol. The molecule has 2 N–H and O–H groups in total. The molecule has 1 amide bonds. The molecule has 104 valence electrons. The van der Waals surface area contributed by atoms with Gasteiger partial charge in [0.05, 0.1) is 23.9 Å². The molecule has 1 atom stereocenters. The normalized spacial score (nSPS) is 13.6. The van der Waals surface area contributed by atoms with E-state index < -0.39 is 5.60 Å². The summed E-state index contributed by atoms with van der Waals surface area (Å²) in [7, 11) is 0. The molecule has 20 heavy (non-hydrogen) atoms. The number of hydrogen-bond acceptors (Lipinski definition) is 3. The summed E-state index contributed by atoms with van der Waals surface area (Å²) < 4.78 is 0. The number of hydrogen-bond donors (Lipinski definition) is 2. The Morgan fingerprint density at radius 2 is 1.95 bits per heavy atom. The van der Waals surface area contributed by atoms with E-state index in [1.165, 1.54) is 0 Å². The van der Waals surface area contributed by atoms with Crippen molar-refractivity contribution in [3.63, 3.8) is 0 Å². The van der Waals surface area contributed by atoms with Gasteiger partial charge in [0.15, 0.2) is 0 Å². The number of rotatable bonds is 4. The Bertz CT molecular complexity index is 577. The minimum absolute atomic E-state index is 0.00904. The smallest absolute Gasteiger partial charge is 0.227 e. The molecule has 2 rings (SSSR count). The third-order valence-electron chi connectivity index (χ3n) is 3.10. The summed E-state index contributed by atoms with van der Waals surface area (Å²) in [5.41, 5.74) is 1.05. The lowest BCUT2D eigenvalue weighted by atomic mass is 9.92. The Balaban J connectivity index is 2.02. The van der Waals surface area contributed by atoms with Gasteiger partial charge >= 0.3 is 0 Å². The minimum Gasteiger partial charge on any atom is -0.385 e. The molecule has 0 fully saturated rings. The molecule has 4 nitrogen and oxygen atoms in total. The van der Waals surface area contributed by atoms with Gasteiger partial charge in [-0.2, -0.15) is 0 Å². The second-order valence-corrected chi connectivity index (χ2v) is 5.05. The predicted octanol–water partition coefficient (Wildman–Crippen LogP) is 2.63. The monoisotopic (exact) mass is 270 g/mol. The molecule has 1 aromatic heterocycles. The van der Waals surface area contributed by atoms with Crippen LogP contribution in [0.25, 0.3) is 0 Å².